The van der Waals surface area contributed by atoms with Gasteiger partial charge < -0.3 is 20.7 Å². The van der Waals surface area contributed by atoms with E-state index in [4.69, 9.17) is 4.74 Å². The first-order chi connectivity index (χ1) is 11.7. The Labute approximate surface area is 145 Å². The summed E-state index contributed by atoms with van der Waals surface area (Å²) in [7, 11) is 1.78. The van der Waals surface area contributed by atoms with Gasteiger partial charge in [-0.25, -0.2) is 4.79 Å². The molecule has 0 aromatic carbocycles. The maximum absolute atomic E-state index is 11.7. The van der Waals surface area contributed by atoms with Gasteiger partial charge in [0.25, 0.3) is 0 Å². The molecule has 2 unspecified atom stereocenters. The van der Waals surface area contributed by atoms with Crippen molar-refractivity contribution in [1.82, 2.24) is 20.9 Å². The number of rotatable bonds is 8. The van der Waals surface area contributed by atoms with Gasteiger partial charge in [0.1, 0.15) is 0 Å². The highest BCUT2D eigenvalue weighted by Crippen LogP contribution is 2.32. The van der Waals surface area contributed by atoms with E-state index in [1.807, 2.05) is 6.92 Å². The number of carbonyl (C=O) groups is 1. The van der Waals surface area contributed by atoms with Crippen LogP contribution in [0, 0.1) is 5.92 Å². The van der Waals surface area contributed by atoms with Crippen LogP contribution in [0.15, 0.2) is 4.99 Å². The molecule has 1 saturated heterocycles. The van der Waals surface area contributed by atoms with E-state index in [1.165, 1.54) is 19.4 Å². The fourth-order valence-electron chi connectivity index (χ4n) is 3.34. The summed E-state index contributed by atoms with van der Waals surface area (Å²) in [5.74, 6) is 1.35. The average molecular weight is 339 g/mol. The molecule has 2 rings (SSSR count). The van der Waals surface area contributed by atoms with Crippen molar-refractivity contribution in [1.29, 1.82) is 0 Å². The number of nitrogens with one attached hydrogen (secondary N) is 3. The molecule has 0 bridgehead atoms. The molecule has 0 spiro atoms. The third-order valence-corrected chi connectivity index (χ3v) is 4.89. The van der Waals surface area contributed by atoms with Crippen LogP contribution in [0.4, 0.5) is 4.79 Å². The van der Waals surface area contributed by atoms with Gasteiger partial charge in [-0.3, -0.25) is 9.89 Å². The lowest BCUT2D eigenvalue weighted by Gasteiger charge is -2.25. The highest BCUT2D eigenvalue weighted by Gasteiger charge is 2.32. The van der Waals surface area contributed by atoms with Crippen LogP contribution >= 0.6 is 0 Å². The number of alkyl carbamates (subject to hydrolysis) is 1. The SMILES string of the molecule is CCOC(=O)NC(CNC(=NC)NCC1CCCN1CC)C1CC1. The fourth-order valence-corrected chi connectivity index (χ4v) is 3.34. The third kappa shape index (κ3) is 5.85. The lowest BCUT2D eigenvalue weighted by Crippen LogP contribution is -2.50. The zero-order valence-corrected chi connectivity index (χ0v) is 15.3. The van der Waals surface area contributed by atoms with Gasteiger partial charge in [-0.05, 0) is 51.6 Å². The van der Waals surface area contributed by atoms with Crippen LogP contribution in [0.25, 0.3) is 0 Å². The minimum absolute atomic E-state index is 0.0984. The van der Waals surface area contributed by atoms with Gasteiger partial charge >= 0.3 is 6.09 Å². The first-order valence-electron chi connectivity index (χ1n) is 9.29. The Hall–Kier alpha value is -1.50. The predicted molar refractivity (Wildman–Crippen MR) is 96.3 cm³/mol. The van der Waals surface area contributed by atoms with Gasteiger partial charge in [-0.1, -0.05) is 6.92 Å². The number of hydrogen-bond donors (Lipinski definition) is 3. The maximum Gasteiger partial charge on any atom is 0.407 e. The van der Waals surface area contributed by atoms with Gasteiger partial charge in [0.15, 0.2) is 5.96 Å². The van der Waals surface area contributed by atoms with Crippen LogP contribution in [-0.4, -0.2) is 68.9 Å². The lowest BCUT2D eigenvalue weighted by atomic mass is 10.2. The molecule has 2 atom stereocenters. The molecule has 0 aromatic rings. The Bertz CT molecular complexity index is 425. The Morgan fingerprint density at radius 1 is 1.29 bits per heavy atom. The number of ether oxygens (including phenoxy) is 1. The van der Waals surface area contributed by atoms with Gasteiger partial charge in [-0.15, -0.1) is 0 Å². The van der Waals surface area contributed by atoms with E-state index in [9.17, 15) is 4.79 Å². The van der Waals surface area contributed by atoms with E-state index in [0.717, 1.165) is 31.9 Å². The Kier molecular flexibility index (Phi) is 7.62. The summed E-state index contributed by atoms with van der Waals surface area (Å²) in [6.07, 6.45) is 4.52. The molecule has 7 nitrogen and oxygen atoms in total. The molecule has 3 N–H and O–H groups in total. The molecule has 1 aliphatic heterocycles. The number of hydrogen-bond acceptors (Lipinski definition) is 4. The number of nitrogens with zero attached hydrogens (tertiary/aromatic N) is 2. The molecule has 0 radical (unpaired) electrons. The lowest BCUT2D eigenvalue weighted by molar-refractivity contribution is 0.146. The molecule has 1 heterocycles. The second kappa shape index (κ2) is 9.71. The summed E-state index contributed by atoms with van der Waals surface area (Å²) in [5.41, 5.74) is 0. The molecule has 24 heavy (non-hydrogen) atoms. The number of carbonyl (C=O) groups excluding carboxylic acids is 1. The Morgan fingerprint density at radius 3 is 2.71 bits per heavy atom. The van der Waals surface area contributed by atoms with Gasteiger partial charge in [0, 0.05) is 26.2 Å². The van der Waals surface area contributed by atoms with Crippen molar-refractivity contribution in [3.05, 3.63) is 0 Å². The number of likely N-dealkylation sites (tertiary alicyclic amines) is 1. The Morgan fingerprint density at radius 2 is 2.08 bits per heavy atom. The van der Waals surface area contributed by atoms with Crippen molar-refractivity contribution in [3.8, 4) is 0 Å². The molecule has 138 valence electrons. The van der Waals surface area contributed by atoms with Crippen LogP contribution in [0.3, 0.4) is 0 Å². The van der Waals surface area contributed by atoms with E-state index in [0.29, 0.717) is 25.1 Å². The van der Waals surface area contributed by atoms with Crippen molar-refractivity contribution < 1.29 is 9.53 Å². The van der Waals surface area contributed by atoms with E-state index in [-0.39, 0.29) is 12.1 Å². The van der Waals surface area contributed by atoms with Crippen molar-refractivity contribution in [3.63, 3.8) is 0 Å². The van der Waals surface area contributed by atoms with E-state index in [2.05, 4.69) is 32.8 Å². The molecule has 1 aliphatic carbocycles. The molecule has 1 amide bonds. The van der Waals surface area contributed by atoms with E-state index in [1.54, 1.807) is 7.05 Å². The van der Waals surface area contributed by atoms with Gasteiger partial charge in [0.2, 0.25) is 0 Å². The maximum atomic E-state index is 11.7. The zero-order valence-electron chi connectivity index (χ0n) is 15.3. The van der Waals surface area contributed by atoms with Crippen molar-refractivity contribution in [2.24, 2.45) is 10.9 Å². The highest BCUT2D eigenvalue weighted by molar-refractivity contribution is 5.79. The molecular formula is C17H33N5O2. The third-order valence-electron chi connectivity index (χ3n) is 4.89. The van der Waals surface area contributed by atoms with Crippen LogP contribution in [0.2, 0.25) is 0 Å². The average Bonchev–Trinajstić information content (AvgIpc) is 3.32. The van der Waals surface area contributed by atoms with Crippen LogP contribution in [-0.2, 0) is 4.74 Å². The highest BCUT2D eigenvalue weighted by atomic mass is 16.5. The molecule has 2 fully saturated rings. The van der Waals surface area contributed by atoms with Gasteiger partial charge in [0.05, 0.1) is 12.6 Å². The summed E-state index contributed by atoms with van der Waals surface area (Å²) in [5, 5.41) is 9.73. The normalized spacial score (nSPS) is 23.0. The predicted octanol–water partition coefficient (Wildman–Crippen LogP) is 1.16. The number of guanidine groups is 1. The number of amides is 1. The summed E-state index contributed by atoms with van der Waals surface area (Å²) < 4.78 is 4.99. The largest absolute Gasteiger partial charge is 0.450 e. The minimum atomic E-state index is -0.330. The number of likely N-dealkylation sites (N-methyl/N-ethyl adjacent to an activating group) is 1. The summed E-state index contributed by atoms with van der Waals surface area (Å²) in [6.45, 7) is 8.31. The fraction of sp³-hybridized carbons (Fsp3) is 0.882. The van der Waals surface area contributed by atoms with E-state index >= 15 is 0 Å². The van der Waals surface area contributed by atoms with E-state index < -0.39 is 0 Å². The second-order valence-corrected chi connectivity index (χ2v) is 6.57. The topological polar surface area (TPSA) is 78.0 Å². The minimum Gasteiger partial charge on any atom is -0.450 e. The smallest absolute Gasteiger partial charge is 0.407 e. The molecule has 0 aromatic heterocycles. The zero-order chi connectivity index (χ0) is 17.4. The van der Waals surface area contributed by atoms with Crippen LogP contribution in [0.1, 0.15) is 39.5 Å². The molecule has 1 saturated carbocycles. The summed E-state index contributed by atoms with van der Waals surface area (Å²) in [6, 6.07) is 0.687. The quantitative estimate of drug-likeness (QED) is 0.457. The van der Waals surface area contributed by atoms with Gasteiger partial charge in [-0.2, -0.15) is 0 Å². The standard InChI is InChI=1S/C17H33N5O2/c1-4-22-10-6-7-14(22)11-19-16(18-3)20-12-15(13-8-9-13)21-17(23)24-5-2/h13-15H,4-12H2,1-3H3,(H,21,23)(H2,18,19,20). The van der Waals surface area contributed by atoms with Crippen molar-refractivity contribution in [2.45, 2.75) is 51.6 Å². The molecular weight excluding hydrogens is 306 g/mol. The van der Waals surface area contributed by atoms with Crippen LogP contribution in [0.5, 0.6) is 0 Å². The van der Waals surface area contributed by atoms with Crippen molar-refractivity contribution >= 4 is 12.1 Å². The first kappa shape index (κ1) is 18.8. The van der Waals surface area contributed by atoms with Crippen LogP contribution < -0.4 is 16.0 Å². The monoisotopic (exact) mass is 339 g/mol. The Balaban J connectivity index is 1.74. The summed E-state index contributed by atoms with van der Waals surface area (Å²) >= 11 is 0. The summed E-state index contributed by atoms with van der Waals surface area (Å²) in [4.78, 5) is 18.5. The first-order valence-corrected chi connectivity index (χ1v) is 9.29. The van der Waals surface area contributed by atoms with Crippen molar-refractivity contribution in [2.75, 3.05) is 39.8 Å². The molecule has 7 heteroatoms. The second-order valence-electron chi connectivity index (χ2n) is 6.57. The number of aliphatic imine (C=N–C) groups is 1. The molecule has 2 aliphatic rings.